The SMILES string of the molecule is CC1CC(OCc2cc(F)cc(CN)c2)CC(C)O1. The Balaban J connectivity index is 1.93. The van der Waals surface area contributed by atoms with Crippen LogP contribution in [0, 0.1) is 5.82 Å². The lowest BCUT2D eigenvalue weighted by Crippen LogP contribution is -2.34. The zero-order chi connectivity index (χ0) is 13.8. The summed E-state index contributed by atoms with van der Waals surface area (Å²) in [4.78, 5) is 0. The Kier molecular flexibility index (Phi) is 4.91. The van der Waals surface area contributed by atoms with Crippen molar-refractivity contribution in [1.82, 2.24) is 0 Å². The van der Waals surface area contributed by atoms with Gasteiger partial charge in [-0.3, -0.25) is 0 Å². The van der Waals surface area contributed by atoms with Crippen LogP contribution in [0.4, 0.5) is 4.39 Å². The van der Waals surface area contributed by atoms with Gasteiger partial charge in [0.15, 0.2) is 0 Å². The van der Waals surface area contributed by atoms with E-state index in [0.29, 0.717) is 13.2 Å². The Morgan fingerprint density at radius 1 is 1.21 bits per heavy atom. The van der Waals surface area contributed by atoms with Gasteiger partial charge >= 0.3 is 0 Å². The molecular weight excluding hydrogens is 245 g/mol. The molecule has 4 heteroatoms. The van der Waals surface area contributed by atoms with Gasteiger partial charge in [0.25, 0.3) is 0 Å². The van der Waals surface area contributed by atoms with Crippen LogP contribution in [0.2, 0.25) is 0 Å². The van der Waals surface area contributed by atoms with E-state index in [1.54, 1.807) is 0 Å². The van der Waals surface area contributed by atoms with Crippen molar-refractivity contribution in [3.05, 3.63) is 35.1 Å². The molecule has 2 rings (SSSR count). The quantitative estimate of drug-likeness (QED) is 0.912. The van der Waals surface area contributed by atoms with E-state index in [1.165, 1.54) is 12.1 Å². The van der Waals surface area contributed by atoms with E-state index in [9.17, 15) is 4.39 Å². The highest BCUT2D eigenvalue weighted by Crippen LogP contribution is 2.23. The summed E-state index contributed by atoms with van der Waals surface area (Å²) < 4.78 is 24.9. The number of hydrogen-bond acceptors (Lipinski definition) is 3. The molecule has 0 radical (unpaired) electrons. The molecule has 1 fully saturated rings. The number of nitrogens with two attached hydrogens (primary N) is 1. The van der Waals surface area contributed by atoms with Gasteiger partial charge in [0, 0.05) is 6.54 Å². The van der Waals surface area contributed by atoms with Crippen molar-refractivity contribution in [2.75, 3.05) is 0 Å². The normalized spacial score (nSPS) is 27.5. The molecule has 1 heterocycles. The Morgan fingerprint density at radius 2 is 1.84 bits per heavy atom. The highest BCUT2D eigenvalue weighted by molar-refractivity contribution is 5.24. The smallest absolute Gasteiger partial charge is 0.123 e. The fraction of sp³-hybridized carbons (Fsp3) is 0.600. The minimum atomic E-state index is -0.254. The summed E-state index contributed by atoms with van der Waals surface area (Å²) in [7, 11) is 0. The second-order valence-corrected chi connectivity index (χ2v) is 5.33. The summed E-state index contributed by atoms with van der Waals surface area (Å²) in [6, 6.07) is 4.86. The Labute approximate surface area is 113 Å². The van der Waals surface area contributed by atoms with Gasteiger partial charge in [0.2, 0.25) is 0 Å². The van der Waals surface area contributed by atoms with Crippen LogP contribution in [0.15, 0.2) is 18.2 Å². The van der Waals surface area contributed by atoms with Crippen LogP contribution < -0.4 is 5.73 Å². The number of halogens is 1. The van der Waals surface area contributed by atoms with Crippen molar-refractivity contribution < 1.29 is 13.9 Å². The minimum Gasteiger partial charge on any atom is -0.375 e. The number of ether oxygens (including phenoxy) is 2. The maximum atomic E-state index is 13.4. The fourth-order valence-electron chi connectivity index (χ4n) is 2.61. The van der Waals surface area contributed by atoms with Crippen LogP contribution >= 0.6 is 0 Å². The summed E-state index contributed by atoms with van der Waals surface area (Å²) in [6.45, 7) is 4.88. The van der Waals surface area contributed by atoms with Gasteiger partial charge in [-0.05, 0) is 49.9 Å². The standard InChI is InChI=1S/C15H22FNO2/c1-10-3-15(4-11(2)19-10)18-9-13-5-12(8-17)6-14(16)7-13/h5-7,10-11,15H,3-4,8-9,17H2,1-2H3. The third-order valence-electron chi connectivity index (χ3n) is 3.39. The summed E-state index contributed by atoms with van der Waals surface area (Å²) in [5, 5.41) is 0. The molecule has 2 unspecified atom stereocenters. The summed E-state index contributed by atoms with van der Waals surface area (Å²) >= 11 is 0. The molecule has 1 aliphatic heterocycles. The molecule has 1 aromatic rings. The van der Waals surface area contributed by atoms with E-state index in [1.807, 2.05) is 6.07 Å². The predicted octanol–water partition coefficient (Wildman–Crippen LogP) is 2.76. The fourth-order valence-corrected chi connectivity index (χ4v) is 2.61. The van der Waals surface area contributed by atoms with E-state index in [4.69, 9.17) is 15.2 Å². The van der Waals surface area contributed by atoms with Crippen molar-refractivity contribution in [2.24, 2.45) is 5.73 Å². The second-order valence-electron chi connectivity index (χ2n) is 5.33. The topological polar surface area (TPSA) is 44.5 Å². The van der Waals surface area contributed by atoms with E-state index in [-0.39, 0.29) is 24.1 Å². The summed E-state index contributed by atoms with van der Waals surface area (Å²) in [5.74, 6) is -0.254. The Hall–Kier alpha value is -0.970. The average Bonchev–Trinajstić information content (AvgIpc) is 2.34. The van der Waals surface area contributed by atoms with E-state index >= 15 is 0 Å². The number of rotatable bonds is 4. The zero-order valence-electron chi connectivity index (χ0n) is 11.6. The molecular formula is C15H22FNO2. The van der Waals surface area contributed by atoms with Gasteiger partial charge in [0.05, 0.1) is 24.9 Å². The van der Waals surface area contributed by atoms with Gasteiger partial charge < -0.3 is 15.2 Å². The van der Waals surface area contributed by atoms with Crippen LogP contribution in [0.25, 0.3) is 0 Å². The van der Waals surface area contributed by atoms with E-state index in [0.717, 1.165) is 24.0 Å². The molecule has 2 atom stereocenters. The van der Waals surface area contributed by atoms with E-state index < -0.39 is 0 Å². The van der Waals surface area contributed by atoms with E-state index in [2.05, 4.69) is 13.8 Å². The molecule has 1 aromatic carbocycles. The first-order chi connectivity index (χ1) is 9.06. The van der Waals surface area contributed by atoms with Crippen LogP contribution in [-0.2, 0) is 22.6 Å². The molecule has 0 aromatic heterocycles. The lowest BCUT2D eigenvalue weighted by molar-refractivity contribution is -0.106. The van der Waals surface area contributed by atoms with Gasteiger partial charge in [0.1, 0.15) is 5.82 Å². The number of hydrogen-bond donors (Lipinski definition) is 1. The average molecular weight is 267 g/mol. The van der Waals surface area contributed by atoms with Crippen molar-refractivity contribution in [2.45, 2.75) is 58.2 Å². The van der Waals surface area contributed by atoms with Crippen LogP contribution in [0.3, 0.4) is 0 Å². The maximum Gasteiger partial charge on any atom is 0.123 e. The van der Waals surface area contributed by atoms with Gasteiger partial charge in [-0.15, -0.1) is 0 Å². The molecule has 106 valence electrons. The minimum absolute atomic E-state index is 0.184. The summed E-state index contributed by atoms with van der Waals surface area (Å²) in [6.07, 6.45) is 2.41. The van der Waals surface area contributed by atoms with Crippen molar-refractivity contribution in [3.8, 4) is 0 Å². The molecule has 2 N–H and O–H groups in total. The summed E-state index contributed by atoms with van der Waals surface area (Å²) in [5.41, 5.74) is 7.18. The van der Waals surface area contributed by atoms with Crippen molar-refractivity contribution >= 4 is 0 Å². The second kappa shape index (κ2) is 6.46. The highest BCUT2D eigenvalue weighted by Gasteiger charge is 2.24. The number of benzene rings is 1. The largest absolute Gasteiger partial charge is 0.375 e. The molecule has 1 aliphatic rings. The first-order valence-corrected chi connectivity index (χ1v) is 6.82. The maximum absolute atomic E-state index is 13.4. The molecule has 0 aliphatic carbocycles. The first-order valence-electron chi connectivity index (χ1n) is 6.82. The molecule has 0 bridgehead atoms. The monoisotopic (exact) mass is 267 g/mol. The lowest BCUT2D eigenvalue weighted by Gasteiger charge is -2.32. The predicted molar refractivity (Wildman–Crippen MR) is 72.1 cm³/mol. The highest BCUT2D eigenvalue weighted by atomic mass is 19.1. The Morgan fingerprint density at radius 3 is 2.47 bits per heavy atom. The first kappa shape index (κ1) is 14.4. The molecule has 1 saturated heterocycles. The molecule has 0 saturated carbocycles. The van der Waals surface area contributed by atoms with Gasteiger partial charge in [-0.25, -0.2) is 4.39 Å². The molecule has 3 nitrogen and oxygen atoms in total. The van der Waals surface area contributed by atoms with Crippen LogP contribution in [0.5, 0.6) is 0 Å². The third-order valence-corrected chi connectivity index (χ3v) is 3.39. The third kappa shape index (κ3) is 4.27. The van der Waals surface area contributed by atoms with Gasteiger partial charge in [-0.1, -0.05) is 6.07 Å². The molecule has 0 amide bonds. The zero-order valence-corrected chi connectivity index (χ0v) is 11.6. The van der Waals surface area contributed by atoms with Crippen molar-refractivity contribution in [1.29, 1.82) is 0 Å². The van der Waals surface area contributed by atoms with Crippen LogP contribution in [0.1, 0.15) is 37.8 Å². The molecule has 19 heavy (non-hydrogen) atoms. The Bertz CT molecular complexity index is 415. The van der Waals surface area contributed by atoms with Gasteiger partial charge in [-0.2, -0.15) is 0 Å². The lowest BCUT2D eigenvalue weighted by atomic mass is 10.0. The molecule has 0 spiro atoms. The van der Waals surface area contributed by atoms with Crippen molar-refractivity contribution in [3.63, 3.8) is 0 Å². The van der Waals surface area contributed by atoms with Crippen LogP contribution in [-0.4, -0.2) is 18.3 Å².